The van der Waals surface area contributed by atoms with Gasteiger partial charge in [-0.15, -0.1) is 0 Å². The van der Waals surface area contributed by atoms with E-state index in [9.17, 15) is 9.18 Å². The highest BCUT2D eigenvalue weighted by Crippen LogP contribution is 2.40. The Morgan fingerprint density at radius 3 is 2.22 bits per heavy atom. The maximum absolute atomic E-state index is 14.1. The molecule has 8 nitrogen and oxygen atoms in total. The SMILES string of the molecule is COc1cc(-c2cc(C(=O)N3CCN(c4ccccc4F)CC3)[nH]n2)cc(OC)c1OC. The third-order valence-corrected chi connectivity index (χ3v) is 5.53. The van der Waals surface area contributed by atoms with Gasteiger partial charge in [-0.1, -0.05) is 12.1 Å². The third-order valence-electron chi connectivity index (χ3n) is 5.53. The smallest absolute Gasteiger partial charge is 0.272 e. The molecule has 168 valence electrons. The monoisotopic (exact) mass is 440 g/mol. The number of ether oxygens (including phenoxy) is 3. The van der Waals surface area contributed by atoms with Gasteiger partial charge in [-0.05, 0) is 30.3 Å². The summed E-state index contributed by atoms with van der Waals surface area (Å²) in [4.78, 5) is 16.7. The van der Waals surface area contributed by atoms with E-state index in [4.69, 9.17) is 14.2 Å². The molecular weight excluding hydrogens is 415 g/mol. The molecule has 32 heavy (non-hydrogen) atoms. The molecule has 4 rings (SSSR count). The molecule has 1 N–H and O–H groups in total. The summed E-state index contributed by atoms with van der Waals surface area (Å²) in [5.41, 5.74) is 2.25. The molecule has 1 amide bonds. The molecule has 0 spiro atoms. The summed E-state index contributed by atoms with van der Waals surface area (Å²) in [5, 5.41) is 7.13. The Morgan fingerprint density at radius 1 is 0.969 bits per heavy atom. The van der Waals surface area contributed by atoms with E-state index in [1.54, 1.807) is 49.5 Å². The van der Waals surface area contributed by atoms with E-state index in [-0.39, 0.29) is 11.7 Å². The number of amides is 1. The summed E-state index contributed by atoms with van der Waals surface area (Å²) in [6, 6.07) is 11.9. The minimum absolute atomic E-state index is 0.149. The van der Waals surface area contributed by atoms with Crippen molar-refractivity contribution in [3.8, 4) is 28.5 Å². The molecule has 1 fully saturated rings. The summed E-state index contributed by atoms with van der Waals surface area (Å²) in [5.74, 6) is 1.09. The Kier molecular flexibility index (Phi) is 6.16. The highest BCUT2D eigenvalue weighted by atomic mass is 19.1. The fourth-order valence-corrected chi connectivity index (χ4v) is 3.84. The van der Waals surface area contributed by atoms with Gasteiger partial charge in [0, 0.05) is 31.7 Å². The van der Waals surface area contributed by atoms with E-state index in [0.29, 0.717) is 60.5 Å². The molecule has 0 radical (unpaired) electrons. The average molecular weight is 440 g/mol. The Bertz CT molecular complexity index is 1080. The van der Waals surface area contributed by atoms with Crippen LogP contribution < -0.4 is 19.1 Å². The molecule has 1 saturated heterocycles. The first kappa shape index (κ1) is 21.5. The molecule has 0 atom stereocenters. The molecule has 1 aromatic heterocycles. The van der Waals surface area contributed by atoms with Crippen molar-refractivity contribution in [3.05, 3.63) is 54.0 Å². The number of nitrogens with one attached hydrogen (secondary N) is 1. The van der Waals surface area contributed by atoms with Gasteiger partial charge in [-0.2, -0.15) is 5.10 Å². The zero-order valence-electron chi connectivity index (χ0n) is 18.2. The van der Waals surface area contributed by atoms with Crippen LogP contribution in [0, 0.1) is 5.82 Å². The quantitative estimate of drug-likeness (QED) is 0.634. The topological polar surface area (TPSA) is 79.9 Å². The van der Waals surface area contributed by atoms with E-state index in [1.165, 1.54) is 13.2 Å². The van der Waals surface area contributed by atoms with Crippen molar-refractivity contribution in [1.82, 2.24) is 15.1 Å². The van der Waals surface area contributed by atoms with Crippen LogP contribution in [0.2, 0.25) is 0 Å². The molecule has 3 aromatic rings. The Balaban J connectivity index is 1.49. The van der Waals surface area contributed by atoms with Crippen LogP contribution in [0.15, 0.2) is 42.5 Å². The first-order chi connectivity index (χ1) is 15.5. The number of halogens is 1. The van der Waals surface area contributed by atoms with Gasteiger partial charge in [0.15, 0.2) is 11.5 Å². The minimum atomic E-state index is -0.254. The largest absolute Gasteiger partial charge is 0.493 e. The molecular formula is C23H25FN4O4. The number of carbonyl (C=O) groups is 1. The van der Waals surface area contributed by atoms with Crippen LogP contribution in [0.5, 0.6) is 17.2 Å². The van der Waals surface area contributed by atoms with Gasteiger partial charge in [0.1, 0.15) is 11.5 Å². The Morgan fingerprint density at radius 2 is 1.62 bits per heavy atom. The van der Waals surface area contributed by atoms with Crippen molar-refractivity contribution in [2.45, 2.75) is 0 Å². The number of anilines is 1. The lowest BCUT2D eigenvalue weighted by atomic mass is 10.1. The molecule has 9 heteroatoms. The van der Waals surface area contributed by atoms with Crippen molar-refractivity contribution < 1.29 is 23.4 Å². The van der Waals surface area contributed by atoms with Crippen LogP contribution in [-0.4, -0.2) is 68.5 Å². The zero-order valence-corrected chi connectivity index (χ0v) is 18.2. The molecule has 0 aliphatic carbocycles. The number of piperazine rings is 1. The predicted molar refractivity (Wildman–Crippen MR) is 118 cm³/mol. The normalized spacial score (nSPS) is 13.8. The van der Waals surface area contributed by atoms with Crippen molar-refractivity contribution in [3.63, 3.8) is 0 Å². The Hall–Kier alpha value is -3.75. The first-order valence-corrected chi connectivity index (χ1v) is 10.2. The average Bonchev–Trinajstić information content (AvgIpc) is 3.33. The number of H-pyrrole nitrogens is 1. The fourth-order valence-electron chi connectivity index (χ4n) is 3.84. The zero-order chi connectivity index (χ0) is 22.7. The summed E-state index contributed by atoms with van der Waals surface area (Å²) in [7, 11) is 4.63. The number of methoxy groups -OCH3 is 3. The van der Waals surface area contributed by atoms with Crippen molar-refractivity contribution in [2.75, 3.05) is 52.4 Å². The van der Waals surface area contributed by atoms with Crippen LogP contribution in [0.1, 0.15) is 10.5 Å². The molecule has 2 aromatic carbocycles. The highest BCUT2D eigenvalue weighted by Gasteiger charge is 2.25. The second kappa shape index (κ2) is 9.17. The lowest BCUT2D eigenvalue weighted by Gasteiger charge is -2.36. The number of para-hydroxylation sites is 1. The number of benzene rings is 2. The van der Waals surface area contributed by atoms with E-state index in [1.807, 2.05) is 11.0 Å². The van der Waals surface area contributed by atoms with E-state index in [2.05, 4.69) is 10.2 Å². The van der Waals surface area contributed by atoms with Crippen LogP contribution in [-0.2, 0) is 0 Å². The number of hydrogen-bond acceptors (Lipinski definition) is 6. The number of aromatic amines is 1. The van der Waals surface area contributed by atoms with E-state index in [0.717, 1.165) is 5.56 Å². The minimum Gasteiger partial charge on any atom is -0.493 e. The first-order valence-electron chi connectivity index (χ1n) is 10.2. The van der Waals surface area contributed by atoms with Gasteiger partial charge in [0.25, 0.3) is 5.91 Å². The third kappa shape index (κ3) is 4.05. The molecule has 0 saturated carbocycles. The lowest BCUT2D eigenvalue weighted by molar-refractivity contribution is 0.0740. The lowest BCUT2D eigenvalue weighted by Crippen LogP contribution is -2.49. The van der Waals surface area contributed by atoms with Gasteiger partial charge in [-0.3, -0.25) is 9.89 Å². The van der Waals surface area contributed by atoms with Gasteiger partial charge >= 0.3 is 0 Å². The van der Waals surface area contributed by atoms with Gasteiger partial charge in [0.2, 0.25) is 5.75 Å². The van der Waals surface area contributed by atoms with Gasteiger partial charge in [0.05, 0.1) is 32.7 Å². The summed E-state index contributed by atoms with van der Waals surface area (Å²) >= 11 is 0. The second-order valence-electron chi connectivity index (χ2n) is 7.31. The highest BCUT2D eigenvalue weighted by molar-refractivity contribution is 5.93. The van der Waals surface area contributed by atoms with Crippen LogP contribution in [0.4, 0.5) is 10.1 Å². The van der Waals surface area contributed by atoms with Crippen molar-refractivity contribution in [2.24, 2.45) is 0 Å². The molecule has 1 aliphatic heterocycles. The fraction of sp³-hybridized carbons (Fsp3) is 0.304. The number of nitrogens with zero attached hydrogens (tertiary/aromatic N) is 3. The number of aromatic nitrogens is 2. The number of carbonyl (C=O) groups excluding carboxylic acids is 1. The number of rotatable bonds is 6. The van der Waals surface area contributed by atoms with Gasteiger partial charge < -0.3 is 24.0 Å². The second-order valence-corrected chi connectivity index (χ2v) is 7.31. The van der Waals surface area contributed by atoms with Gasteiger partial charge in [-0.25, -0.2) is 4.39 Å². The van der Waals surface area contributed by atoms with Crippen molar-refractivity contribution >= 4 is 11.6 Å². The number of hydrogen-bond donors (Lipinski definition) is 1. The molecule has 1 aliphatic rings. The Labute approximate surface area is 185 Å². The predicted octanol–water partition coefficient (Wildman–Crippen LogP) is 3.20. The summed E-state index contributed by atoms with van der Waals surface area (Å²) < 4.78 is 30.2. The summed E-state index contributed by atoms with van der Waals surface area (Å²) in [6.07, 6.45) is 0. The molecule has 0 unspecified atom stereocenters. The van der Waals surface area contributed by atoms with Crippen LogP contribution >= 0.6 is 0 Å². The maximum Gasteiger partial charge on any atom is 0.272 e. The van der Waals surface area contributed by atoms with E-state index < -0.39 is 0 Å². The van der Waals surface area contributed by atoms with Crippen LogP contribution in [0.25, 0.3) is 11.3 Å². The van der Waals surface area contributed by atoms with Crippen LogP contribution in [0.3, 0.4) is 0 Å². The van der Waals surface area contributed by atoms with Crippen molar-refractivity contribution in [1.29, 1.82) is 0 Å². The summed E-state index contributed by atoms with van der Waals surface area (Å²) in [6.45, 7) is 2.10. The standard InChI is InChI=1S/C23H25FN4O4/c1-30-20-12-15(13-21(31-2)22(20)32-3)17-14-18(26-25-17)23(29)28-10-8-27(9-11-28)19-7-5-4-6-16(19)24/h4-7,12-14H,8-11H2,1-3H3,(H,25,26). The molecule has 0 bridgehead atoms. The van der Waals surface area contributed by atoms with E-state index >= 15 is 0 Å². The maximum atomic E-state index is 14.1. The molecule has 2 heterocycles.